The van der Waals surface area contributed by atoms with Crippen molar-refractivity contribution in [2.45, 2.75) is 19.4 Å². The smallest absolute Gasteiger partial charge is 0.308 e. The van der Waals surface area contributed by atoms with Crippen molar-refractivity contribution < 1.29 is 27.5 Å². The molecule has 9 heteroatoms. The summed E-state index contributed by atoms with van der Waals surface area (Å²) in [5.74, 6) is -2.37. The molecule has 0 bridgehead atoms. The number of nitrogens with zero attached hydrogens (tertiary/aromatic N) is 1. The quantitative estimate of drug-likeness (QED) is 0.801. The number of ketones is 1. The lowest BCUT2D eigenvalue weighted by atomic mass is 9.92. The third kappa shape index (κ3) is 3.25. The second kappa shape index (κ2) is 6.10. The maximum absolute atomic E-state index is 12.9. The third-order valence-corrected chi connectivity index (χ3v) is 4.37. The lowest BCUT2D eigenvalue weighted by Gasteiger charge is -2.23. The van der Waals surface area contributed by atoms with Gasteiger partial charge in [-0.1, -0.05) is 18.2 Å². The Bertz CT molecular complexity index is 1060. The van der Waals surface area contributed by atoms with Crippen LogP contribution in [0.2, 0.25) is 0 Å². The van der Waals surface area contributed by atoms with Crippen LogP contribution in [0.5, 0.6) is 0 Å². The zero-order valence-electron chi connectivity index (χ0n) is 14.3. The molecular formula is C17H16N2O6S. The minimum Gasteiger partial charge on any atom is -0.456 e. The number of hydrogen-bond donors (Lipinski definition) is 1. The molecule has 2 heterocycles. The zero-order chi connectivity index (χ0) is 19.1. The number of sulfonamides is 1. The molecule has 1 unspecified atom stereocenters. The second-order valence-corrected chi connectivity index (χ2v) is 7.76. The number of fused-ring (bicyclic) bond motifs is 1. The first kappa shape index (κ1) is 17.9. The molecule has 26 heavy (non-hydrogen) atoms. The van der Waals surface area contributed by atoms with E-state index in [0.717, 1.165) is 24.1 Å². The van der Waals surface area contributed by atoms with E-state index in [1.165, 1.54) is 13.1 Å². The Balaban J connectivity index is 2.07. The molecule has 2 aromatic rings. The number of para-hydroxylation sites is 1. The van der Waals surface area contributed by atoms with Crippen molar-refractivity contribution in [1.82, 2.24) is 9.71 Å². The van der Waals surface area contributed by atoms with Gasteiger partial charge in [-0.3, -0.25) is 19.3 Å². The number of carbonyl (C=O) groups excluding carboxylic acids is 2. The Labute approximate surface area is 149 Å². The normalized spacial score (nSPS) is 20.2. The number of Topliss-reactive ketones (excluding diaryl/α,β-unsaturated/α-hetero) is 1. The van der Waals surface area contributed by atoms with Crippen LogP contribution in [0.15, 0.2) is 48.2 Å². The number of pyridine rings is 1. The molecule has 0 fully saturated rings. The second-order valence-electron chi connectivity index (χ2n) is 6.01. The summed E-state index contributed by atoms with van der Waals surface area (Å²) in [5, 5.41) is 0.779. The minimum atomic E-state index is -3.76. The number of nitrogens with one attached hydrogen (secondary N) is 1. The summed E-state index contributed by atoms with van der Waals surface area (Å²) in [6.07, 6.45) is 2.36. The van der Waals surface area contributed by atoms with Crippen LogP contribution in [0.1, 0.15) is 19.4 Å². The van der Waals surface area contributed by atoms with E-state index in [0.29, 0.717) is 5.56 Å². The zero-order valence-corrected chi connectivity index (χ0v) is 15.1. The Kier molecular flexibility index (Phi) is 4.19. The van der Waals surface area contributed by atoms with E-state index in [9.17, 15) is 18.0 Å². The number of ether oxygens (including phenoxy) is 2. The molecule has 3 rings (SSSR count). The standard InChI is InChI=1S/C17H16N2O6S/c1-10(20)24-14-15(21)17(2,25-16(14)19-26(3,22)23)12-8-11-6-4-5-7-13(11)18-9-12/h4-9,19H,1-3H3. The number of carbonyl (C=O) groups is 2. The molecule has 1 aliphatic heterocycles. The molecule has 1 N–H and O–H groups in total. The largest absolute Gasteiger partial charge is 0.456 e. The summed E-state index contributed by atoms with van der Waals surface area (Å²) in [6, 6.07) is 9.02. The predicted molar refractivity (Wildman–Crippen MR) is 92.0 cm³/mol. The number of rotatable bonds is 4. The van der Waals surface area contributed by atoms with Crippen LogP contribution in [0.4, 0.5) is 0 Å². The summed E-state index contributed by atoms with van der Waals surface area (Å²) >= 11 is 0. The van der Waals surface area contributed by atoms with Gasteiger partial charge in [0, 0.05) is 24.1 Å². The summed E-state index contributed by atoms with van der Waals surface area (Å²) in [6.45, 7) is 2.56. The van der Waals surface area contributed by atoms with Gasteiger partial charge in [0.05, 0.1) is 11.8 Å². The fourth-order valence-electron chi connectivity index (χ4n) is 2.61. The van der Waals surface area contributed by atoms with Crippen molar-refractivity contribution in [2.75, 3.05) is 6.26 Å². The molecule has 0 saturated carbocycles. The van der Waals surface area contributed by atoms with Gasteiger partial charge in [-0.05, 0) is 19.1 Å². The molecule has 0 radical (unpaired) electrons. The van der Waals surface area contributed by atoms with Gasteiger partial charge < -0.3 is 9.47 Å². The number of benzene rings is 1. The van der Waals surface area contributed by atoms with Gasteiger partial charge in [-0.2, -0.15) is 0 Å². The van der Waals surface area contributed by atoms with E-state index in [-0.39, 0.29) is 0 Å². The van der Waals surface area contributed by atoms with E-state index >= 15 is 0 Å². The summed E-state index contributed by atoms with van der Waals surface area (Å²) in [7, 11) is -3.76. The van der Waals surface area contributed by atoms with Crippen LogP contribution in [0.25, 0.3) is 10.9 Å². The third-order valence-electron chi connectivity index (χ3n) is 3.82. The molecule has 0 amide bonds. The number of hydrogen-bond acceptors (Lipinski definition) is 7. The fourth-order valence-corrected chi connectivity index (χ4v) is 3.08. The molecule has 1 aliphatic rings. The summed E-state index contributed by atoms with van der Waals surface area (Å²) < 4.78 is 35.7. The Morgan fingerprint density at radius 3 is 2.65 bits per heavy atom. The summed E-state index contributed by atoms with van der Waals surface area (Å²) in [4.78, 5) is 28.5. The van der Waals surface area contributed by atoms with Crippen molar-refractivity contribution in [1.29, 1.82) is 0 Å². The van der Waals surface area contributed by atoms with Crippen molar-refractivity contribution >= 4 is 32.7 Å². The number of esters is 1. The van der Waals surface area contributed by atoms with Crippen molar-refractivity contribution in [3.8, 4) is 0 Å². The molecule has 0 saturated heterocycles. The van der Waals surface area contributed by atoms with Gasteiger partial charge in [0.1, 0.15) is 0 Å². The van der Waals surface area contributed by atoms with Crippen molar-refractivity contribution in [2.24, 2.45) is 0 Å². The van der Waals surface area contributed by atoms with Crippen LogP contribution in [0, 0.1) is 0 Å². The summed E-state index contributed by atoms with van der Waals surface area (Å²) in [5.41, 5.74) is -0.460. The van der Waals surface area contributed by atoms with E-state index in [1.54, 1.807) is 6.07 Å². The maximum atomic E-state index is 12.9. The highest BCUT2D eigenvalue weighted by molar-refractivity contribution is 7.88. The lowest BCUT2D eigenvalue weighted by Crippen LogP contribution is -2.32. The first-order chi connectivity index (χ1) is 12.1. The van der Waals surface area contributed by atoms with Crippen LogP contribution in [-0.4, -0.2) is 31.4 Å². The Hall–Kier alpha value is -2.94. The molecule has 136 valence electrons. The average Bonchev–Trinajstić information content (AvgIpc) is 2.78. The molecular weight excluding hydrogens is 360 g/mol. The Morgan fingerprint density at radius 2 is 2.00 bits per heavy atom. The monoisotopic (exact) mass is 376 g/mol. The Morgan fingerprint density at radius 1 is 1.31 bits per heavy atom. The highest BCUT2D eigenvalue weighted by Crippen LogP contribution is 2.39. The van der Waals surface area contributed by atoms with Gasteiger partial charge in [0.25, 0.3) is 5.78 Å². The first-order valence-corrected chi connectivity index (χ1v) is 9.49. The van der Waals surface area contributed by atoms with Gasteiger partial charge in [0.15, 0.2) is 0 Å². The van der Waals surface area contributed by atoms with Gasteiger partial charge >= 0.3 is 5.97 Å². The van der Waals surface area contributed by atoms with Crippen LogP contribution < -0.4 is 4.72 Å². The van der Waals surface area contributed by atoms with Crippen LogP contribution >= 0.6 is 0 Å². The fraction of sp³-hybridized carbons (Fsp3) is 0.235. The van der Waals surface area contributed by atoms with Crippen LogP contribution in [-0.2, 0) is 34.7 Å². The first-order valence-electron chi connectivity index (χ1n) is 7.60. The van der Waals surface area contributed by atoms with E-state index in [2.05, 4.69) is 9.71 Å². The van der Waals surface area contributed by atoms with Gasteiger partial charge in [-0.15, -0.1) is 0 Å². The molecule has 1 atom stereocenters. The molecule has 0 spiro atoms. The minimum absolute atomic E-state index is 0.399. The SMILES string of the molecule is CC(=O)OC1=C(NS(C)(=O)=O)OC(C)(c2cnc3ccccc3c2)C1=O. The van der Waals surface area contributed by atoms with E-state index in [4.69, 9.17) is 9.47 Å². The molecule has 0 aliphatic carbocycles. The predicted octanol–water partition coefficient (Wildman–Crippen LogP) is 1.33. The molecule has 8 nitrogen and oxygen atoms in total. The topological polar surface area (TPSA) is 112 Å². The average molecular weight is 376 g/mol. The lowest BCUT2D eigenvalue weighted by molar-refractivity contribution is -0.142. The van der Waals surface area contributed by atoms with Crippen molar-refractivity contribution in [3.05, 3.63) is 53.7 Å². The molecule has 1 aromatic carbocycles. The molecule has 1 aromatic heterocycles. The van der Waals surface area contributed by atoms with E-state index in [1.807, 2.05) is 24.3 Å². The highest BCUT2D eigenvalue weighted by atomic mass is 32.2. The van der Waals surface area contributed by atoms with Crippen LogP contribution in [0.3, 0.4) is 0 Å². The maximum Gasteiger partial charge on any atom is 0.308 e. The number of aromatic nitrogens is 1. The van der Waals surface area contributed by atoms with Gasteiger partial charge in [-0.25, -0.2) is 8.42 Å². The highest BCUT2D eigenvalue weighted by Gasteiger charge is 2.50. The van der Waals surface area contributed by atoms with Crippen molar-refractivity contribution in [3.63, 3.8) is 0 Å². The van der Waals surface area contributed by atoms with E-state index < -0.39 is 39.0 Å². The van der Waals surface area contributed by atoms with Gasteiger partial charge in [0.2, 0.25) is 27.3 Å².